The quantitative estimate of drug-likeness (QED) is 0.427. The first kappa shape index (κ1) is 30.5. The lowest BCUT2D eigenvalue weighted by atomic mass is 9.41. The maximum Gasteiger partial charge on any atom is 0.303 e. The van der Waals surface area contributed by atoms with Crippen LogP contribution in [-0.4, -0.2) is 64.1 Å². The van der Waals surface area contributed by atoms with E-state index in [-0.39, 0.29) is 52.4 Å². The molecule has 1 saturated heterocycles. The van der Waals surface area contributed by atoms with E-state index in [9.17, 15) is 24.6 Å². The average molecular weight is 589 g/mol. The van der Waals surface area contributed by atoms with Gasteiger partial charge in [-0.05, 0) is 100 Å². The van der Waals surface area contributed by atoms with Crippen LogP contribution >= 0.6 is 0 Å². The number of aliphatic hydroxyl groups is 2. The minimum atomic E-state index is -1.44. The molecule has 6 rings (SSSR count). The number of carbonyl (C=O) groups excluding carboxylic acids is 3. The normalized spacial score (nSPS) is 50.0. The Labute approximate surface area is 250 Å². The van der Waals surface area contributed by atoms with E-state index < -0.39 is 40.2 Å². The van der Waals surface area contributed by atoms with Crippen molar-refractivity contribution < 1.29 is 38.8 Å². The van der Waals surface area contributed by atoms with Crippen LogP contribution in [0, 0.1) is 44.8 Å². The third kappa shape index (κ3) is 3.67. The van der Waals surface area contributed by atoms with Crippen LogP contribution in [0.15, 0.2) is 0 Å². The van der Waals surface area contributed by atoms with Crippen molar-refractivity contribution in [3.05, 3.63) is 0 Å². The number of hydrogen-bond donors (Lipinski definition) is 2. The SMILES string of the molecule is CC(=O)O[C@@H]1[C@@H]2C(C)(CCC(=O)C(C)(C)O)OC[C@@]23CC[C@@]24C[C@@]25CC[C@H](O)C(C)(C)C5CCC4[C@]3(C)[C@@H]1OC(C)=O. The molecule has 0 aromatic heterocycles. The van der Waals surface area contributed by atoms with Gasteiger partial charge in [0.1, 0.15) is 17.8 Å². The minimum Gasteiger partial charge on any atom is -0.458 e. The Bertz CT molecular complexity index is 1190. The molecule has 1 aliphatic heterocycles. The lowest BCUT2D eigenvalue weighted by Gasteiger charge is -2.63. The van der Waals surface area contributed by atoms with Crippen LogP contribution in [-0.2, 0) is 28.6 Å². The van der Waals surface area contributed by atoms with Gasteiger partial charge in [0, 0.05) is 37.0 Å². The molecule has 0 aromatic carbocycles. The van der Waals surface area contributed by atoms with Crippen LogP contribution in [0.1, 0.15) is 113 Å². The molecule has 6 fully saturated rings. The molecule has 1 heterocycles. The minimum absolute atomic E-state index is 0.108. The zero-order valence-corrected chi connectivity index (χ0v) is 26.9. The fourth-order valence-corrected chi connectivity index (χ4v) is 12.4. The molecular formula is C34H52O8. The lowest BCUT2D eigenvalue weighted by molar-refractivity contribution is -0.205. The van der Waals surface area contributed by atoms with Crippen molar-refractivity contribution in [2.75, 3.05) is 6.61 Å². The molecule has 3 spiro atoms. The number of fused-ring (bicyclic) bond motifs is 1. The molecule has 8 nitrogen and oxygen atoms in total. The molecule has 6 aliphatic rings. The number of carbonyl (C=O) groups is 3. The molecule has 5 saturated carbocycles. The Morgan fingerprint density at radius 1 is 0.881 bits per heavy atom. The molecular weight excluding hydrogens is 536 g/mol. The number of esters is 2. The zero-order valence-electron chi connectivity index (χ0n) is 26.9. The first-order chi connectivity index (χ1) is 19.3. The summed E-state index contributed by atoms with van der Waals surface area (Å²) < 4.78 is 19.2. The van der Waals surface area contributed by atoms with Gasteiger partial charge in [-0.1, -0.05) is 20.8 Å². The Hall–Kier alpha value is -1.51. The molecule has 0 amide bonds. The highest BCUT2D eigenvalue weighted by atomic mass is 16.6. The summed E-state index contributed by atoms with van der Waals surface area (Å²) in [6.07, 6.45) is 5.87. The predicted molar refractivity (Wildman–Crippen MR) is 154 cm³/mol. The molecule has 11 atom stereocenters. The van der Waals surface area contributed by atoms with E-state index in [0.29, 0.717) is 18.9 Å². The summed E-state index contributed by atoms with van der Waals surface area (Å²) in [7, 11) is 0. The van der Waals surface area contributed by atoms with E-state index in [2.05, 4.69) is 20.8 Å². The van der Waals surface area contributed by atoms with Crippen LogP contribution in [0.2, 0.25) is 0 Å². The first-order valence-corrected chi connectivity index (χ1v) is 16.2. The van der Waals surface area contributed by atoms with Gasteiger partial charge in [-0.2, -0.15) is 0 Å². The van der Waals surface area contributed by atoms with Gasteiger partial charge < -0.3 is 24.4 Å². The van der Waals surface area contributed by atoms with Crippen molar-refractivity contribution in [3.63, 3.8) is 0 Å². The number of hydrogen-bond acceptors (Lipinski definition) is 8. The zero-order chi connectivity index (χ0) is 30.9. The second kappa shape index (κ2) is 9.03. The number of Topliss-reactive ketones (excluding diaryl/α,β-unsaturated/α-hetero) is 1. The van der Waals surface area contributed by atoms with E-state index >= 15 is 0 Å². The maximum atomic E-state index is 12.8. The van der Waals surface area contributed by atoms with Gasteiger partial charge in [0.25, 0.3) is 0 Å². The first-order valence-electron chi connectivity index (χ1n) is 16.2. The van der Waals surface area contributed by atoms with Crippen LogP contribution in [0.25, 0.3) is 0 Å². The molecule has 8 heteroatoms. The number of aliphatic hydroxyl groups excluding tert-OH is 1. The Morgan fingerprint density at radius 2 is 1.48 bits per heavy atom. The summed E-state index contributed by atoms with van der Waals surface area (Å²) >= 11 is 0. The second-order valence-corrected chi connectivity index (χ2v) is 16.7. The van der Waals surface area contributed by atoms with Crippen molar-refractivity contribution in [3.8, 4) is 0 Å². The highest BCUT2D eigenvalue weighted by Crippen LogP contribution is 2.90. The summed E-state index contributed by atoms with van der Waals surface area (Å²) in [6, 6.07) is 0. The highest BCUT2D eigenvalue weighted by Gasteiger charge is 2.87. The lowest BCUT2D eigenvalue weighted by Crippen LogP contribution is -2.61. The van der Waals surface area contributed by atoms with Crippen LogP contribution in [0.3, 0.4) is 0 Å². The van der Waals surface area contributed by atoms with E-state index in [4.69, 9.17) is 14.2 Å². The van der Waals surface area contributed by atoms with Crippen molar-refractivity contribution in [2.24, 2.45) is 44.8 Å². The molecule has 0 aromatic rings. The monoisotopic (exact) mass is 588 g/mol. The maximum absolute atomic E-state index is 12.8. The smallest absolute Gasteiger partial charge is 0.303 e. The van der Waals surface area contributed by atoms with Crippen LogP contribution in [0.5, 0.6) is 0 Å². The van der Waals surface area contributed by atoms with Gasteiger partial charge in [0.15, 0.2) is 5.78 Å². The van der Waals surface area contributed by atoms with Crippen molar-refractivity contribution >= 4 is 17.7 Å². The van der Waals surface area contributed by atoms with E-state index in [1.54, 1.807) is 0 Å². The van der Waals surface area contributed by atoms with Gasteiger partial charge in [0.2, 0.25) is 0 Å². The largest absolute Gasteiger partial charge is 0.458 e. The summed E-state index contributed by atoms with van der Waals surface area (Å²) in [6.45, 7) is 15.1. The Balaban J connectivity index is 1.44. The summed E-state index contributed by atoms with van der Waals surface area (Å²) in [4.78, 5) is 38.3. The van der Waals surface area contributed by atoms with Crippen molar-refractivity contribution in [2.45, 2.75) is 143 Å². The average Bonchev–Trinajstić information content (AvgIpc) is 3.38. The van der Waals surface area contributed by atoms with Crippen molar-refractivity contribution in [1.29, 1.82) is 0 Å². The summed E-state index contributed by atoms with van der Waals surface area (Å²) in [5, 5.41) is 21.4. The third-order valence-corrected chi connectivity index (χ3v) is 14.3. The number of rotatable bonds is 6. The Kier molecular flexibility index (Phi) is 6.56. The van der Waals surface area contributed by atoms with Crippen LogP contribution in [0.4, 0.5) is 0 Å². The second-order valence-electron chi connectivity index (χ2n) is 16.7. The van der Waals surface area contributed by atoms with E-state index in [1.807, 2.05) is 6.92 Å². The molecule has 42 heavy (non-hydrogen) atoms. The van der Waals surface area contributed by atoms with Gasteiger partial charge in [-0.25, -0.2) is 0 Å². The van der Waals surface area contributed by atoms with E-state index in [1.165, 1.54) is 27.7 Å². The molecule has 2 N–H and O–H groups in total. The molecule has 3 unspecified atom stereocenters. The summed E-state index contributed by atoms with van der Waals surface area (Å²) in [5.74, 6) is -0.591. The standard InChI is InChI=1S/C34H52O8/c1-19(35)41-25-26-30(7,13-11-24(38)29(5,6)39)40-18-34(26)16-15-33-17-32(33)14-12-23(37)28(3,4)21(32)9-10-22(33)31(34,8)27(25)42-20(2)36/h21-23,25-27,37,39H,9-18H2,1-8H3/t21?,22?,23-,25+,26+,27+,30?,31+,32+,33-,34-/m0/s1. The molecule has 0 radical (unpaired) electrons. The fourth-order valence-electron chi connectivity index (χ4n) is 12.4. The fraction of sp³-hybridized carbons (Fsp3) is 0.912. The molecule has 0 bridgehead atoms. The molecule has 5 aliphatic carbocycles. The number of ether oxygens (including phenoxy) is 3. The number of ketones is 1. The van der Waals surface area contributed by atoms with E-state index in [0.717, 1.165) is 44.9 Å². The predicted octanol–water partition coefficient (Wildman–Crippen LogP) is 4.76. The van der Waals surface area contributed by atoms with Gasteiger partial charge >= 0.3 is 11.9 Å². The van der Waals surface area contributed by atoms with Gasteiger partial charge in [-0.3, -0.25) is 14.4 Å². The van der Waals surface area contributed by atoms with Gasteiger partial charge in [-0.15, -0.1) is 0 Å². The van der Waals surface area contributed by atoms with Crippen LogP contribution < -0.4 is 0 Å². The van der Waals surface area contributed by atoms with Gasteiger partial charge in [0.05, 0.1) is 18.3 Å². The highest BCUT2D eigenvalue weighted by molar-refractivity contribution is 5.86. The summed E-state index contributed by atoms with van der Waals surface area (Å²) in [5.41, 5.74) is -2.97. The third-order valence-electron chi connectivity index (χ3n) is 14.3. The van der Waals surface area contributed by atoms with Crippen molar-refractivity contribution in [1.82, 2.24) is 0 Å². The molecule has 236 valence electrons. The Morgan fingerprint density at radius 3 is 2.10 bits per heavy atom. The topological polar surface area (TPSA) is 119 Å².